The van der Waals surface area contributed by atoms with Crippen molar-refractivity contribution in [3.63, 3.8) is 0 Å². The number of allylic oxidation sites excluding steroid dienone is 1. The van der Waals surface area contributed by atoms with Crippen LogP contribution in [0.25, 0.3) is 11.2 Å². The van der Waals surface area contributed by atoms with Crippen LogP contribution in [0.4, 0.5) is 0 Å². The van der Waals surface area contributed by atoms with Crippen molar-refractivity contribution in [2.75, 3.05) is 6.54 Å². The number of nitrogens with zero attached hydrogens (tertiary/aromatic N) is 6. The number of pyridine rings is 1. The molecule has 2 aliphatic rings. The molecule has 2 atom stereocenters. The van der Waals surface area contributed by atoms with Gasteiger partial charge in [0.05, 0.1) is 30.8 Å². The van der Waals surface area contributed by atoms with Crippen LogP contribution in [0.3, 0.4) is 0 Å². The monoisotopic (exact) mass is 325 g/mol. The van der Waals surface area contributed by atoms with Gasteiger partial charge in [0.1, 0.15) is 0 Å². The zero-order chi connectivity index (χ0) is 16.9. The van der Waals surface area contributed by atoms with Crippen molar-refractivity contribution in [1.29, 1.82) is 0 Å². The van der Waals surface area contributed by atoms with Gasteiger partial charge in [0.15, 0.2) is 11.8 Å². The van der Waals surface area contributed by atoms with Crippen LogP contribution in [0.1, 0.15) is 6.92 Å². The third kappa shape index (κ3) is 3.32. The second kappa shape index (κ2) is 7.03. The lowest BCUT2D eigenvalue weighted by atomic mass is 10.2. The third-order valence-electron chi connectivity index (χ3n) is 3.76. The van der Waals surface area contributed by atoms with Gasteiger partial charge in [-0.15, -0.1) is 0 Å². The molecule has 2 aliphatic heterocycles. The molecule has 0 saturated carbocycles. The molecule has 2 unspecified atom stereocenters. The van der Waals surface area contributed by atoms with Crippen molar-refractivity contribution in [2.24, 2.45) is 15.7 Å². The van der Waals surface area contributed by atoms with Crippen molar-refractivity contribution < 1.29 is 4.79 Å². The number of dihydropyridines is 1. The molecule has 24 heavy (non-hydrogen) atoms. The molecule has 1 amide bonds. The van der Waals surface area contributed by atoms with Gasteiger partial charge in [-0.2, -0.15) is 0 Å². The Morgan fingerprint density at radius 3 is 3.00 bits per heavy atom. The minimum Gasteiger partial charge on any atom is -0.368 e. The van der Waals surface area contributed by atoms with Crippen LogP contribution >= 0.6 is 0 Å². The minimum absolute atomic E-state index is 0.0671. The number of rotatable bonds is 3. The van der Waals surface area contributed by atoms with E-state index in [-0.39, 0.29) is 24.7 Å². The van der Waals surface area contributed by atoms with Gasteiger partial charge in [-0.25, -0.2) is 15.0 Å². The highest BCUT2D eigenvalue weighted by atomic mass is 16.1. The van der Waals surface area contributed by atoms with Gasteiger partial charge in [-0.1, -0.05) is 6.08 Å². The van der Waals surface area contributed by atoms with E-state index in [0.29, 0.717) is 0 Å². The Bertz CT molecular complexity index is 808. The van der Waals surface area contributed by atoms with E-state index in [4.69, 9.17) is 5.73 Å². The van der Waals surface area contributed by atoms with Crippen LogP contribution in [0, 0.1) is 0 Å². The molecule has 0 radical (unpaired) electrons. The Labute approximate surface area is 139 Å². The van der Waals surface area contributed by atoms with Crippen molar-refractivity contribution in [1.82, 2.24) is 19.4 Å². The molecule has 0 aromatic carbocycles. The van der Waals surface area contributed by atoms with E-state index in [2.05, 4.69) is 31.4 Å². The molecular formula is C16H19N7O. The zero-order valence-electron chi connectivity index (χ0n) is 13.4. The summed E-state index contributed by atoms with van der Waals surface area (Å²) in [7, 11) is 0. The Hall–Kier alpha value is -3.03. The average Bonchev–Trinajstić information content (AvgIpc) is 3.19. The second-order valence-electron chi connectivity index (χ2n) is 5.37. The number of imidazole rings is 1. The number of hydrogen-bond acceptors (Lipinski definition) is 6. The maximum absolute atomic E-state index is 10.7. The van der Waals surface area contributed by atoms with Crippen LogP contribution in [0.5, 0.6) is 0 Å². The minimum atomic E-state index is -0.352. The molecule has 8 heteroatoms. The maximum Gasteiger partial charge on any atom is 0.237 e. The SMILES string of the molecule is CCn1cnc2ncccc21.NC(=O)CN1C=NC2N=CC=CC21. The third-order valence-corrected chi connectivity index (χ3v) is 3.76. The van der Waals surface area contributed by atoms with Crippen molar-refractivity contribution >= 4 is 29.6 Å². The highest BCUT2D eigenvalue weighted by Gasteiger charge is 2.29. The van der Waals surface area contributed by atoms with Gasteiger partial charge < -0.3 is 15.2 Å². The smallest absolute Gasteiger partial charge is 0.237 e. The fourth-order valence-electron chi connectivity index (χ4n) is 2.61. The van der Waals surface area contributed by atoms with Gasteiger partial charge in [-0.05, 0) is 25.1 Å². The average molecular weight is 325 g/mol. The topological polar surface area (TPSA) is 102 Å². The number of aliphatic imine (C=N–C) groups is 2. The fourth-order valence-corrected chi connectivity index (χ4v) is 2.61. The predicted molar refractivity (Wildman–Crippen MR) is 92.8 cm³/mol. The molecule has 2 N–H and O–H groups in total. The van der Waals surface area contributed by atoms with Crippen molar-refractivity contribution in [3.05, 3.63) is 36.8 Å². The van der Waals surface area contributed by atoms with E-state index in [1.165, 1.54) is 0 Å². The summed E-state index contributed by atoms with van der Waals surface area (Å²) in [5, 5.41) is 0. The van der Waals surface area contributed by atoms with E-state index >= 15 is 0 Å². The summed E-state index contributed by atoms with van der Waals surface area (Å²) in [5.74, 6) is -0.352. The molecule has 0 spiro atoms. The molecule has 8 nitrogen and oxygen atoms in total. The Balaban J connectivity index is 0.000000143. The number of carbonyl (C=O) groups excluding carboxylic acids is 1. The lowest BCUT2D eigenvalue weighted by molar-refractivity contribution is -0.118. The summed E-state index contributed by atoms with van der Waals surface area (Å²) < 4.78 is 2.07. The quantitative estimate of drug-likeness (QED) is 0.893. The largest absolute Gasteiger partial charge is 0.368 e. The van der Waals surface area contributed by atoms with E-state index in [9.17, 15) is 4.79 Å². The number of fused-ring (bicyclic) bond motifs is 2. The number of primary amides is 1. The van der Waals surface area contributed by atoms with E-state index in [0.717, 1.165) is 17.7 Å². The van der Waals surface area contributed by atoms with E-state index in [1.54, 1.807) is 23.6 Å². The molecule has 124 valence electrons. The lowest BCUT2D eigenvalue weighted by Crippen LogP contribution is -2.40. The van der Waals surface area contributed by atoms with Gasteiger partial charge in [0, 0.05) is 19.0 Å². The number of aryl methyl sites for hydroxylation is 1. The zero-order valence-corrected chi connectivity index (χ0v) is 13.4. The predicted octanol–water partition coefficient (Wildman–Crippen LogP) is 0.602. The highest BCUT2D eigenvalue weighted by Crippen LogP contribution is 2.17. The van der Waals surface area contributed by atoms with Crippen LogP contribution in [0.15, 0.2) is 46.8 Å². The lowest BCUT2D eigenvalue weighted by Gasteiger charge is -2.23. The van der Waals surface area contributed by atoms with E-state index < -0.39 is 0 Å². The van der Waals surface area contributed by atoms with Gasteiger partial charge in [0.2, 0.25) is 5.91 Å². The Morgan fingerprint density at radius 1 is 1.33 bits per heavy atom. The molecule has 4 rings (SSSR count). The van der Waals surface area contributed by atoms with Crippen LogP contribution in [0.2, 0.25) is 0 Å². The summed E-state index contributed by atoms with van der Waals surface area (Å²) in [6.07, 6.45) is 10.6. The number of hydrogen-bond donors (Lipinski definition) is 1. The number of amides is 1. The summed E-state index contributed by atoms with van der Waals surface area (Å²) in [4.78, 5) is 29.0. The summed E-state index contributed by atoms with van der Waals surface area (Å²) in [6, 6.07) is 4.02. The summed E-state index contributed by atoms with van der Waals surface area (Å²) in [6.45, 7) is 3.24. The van der Waals surface area contributed by atoms with Gasteiger partial charge >= 0.3 is 0 Å². The van der Waals surface area contributed by atoms with Crippen LogP contribution in [-0.4, -0.2) is 56.6 Å². The molecule has 2 aromatic rings. The maximum atomic E-state index is 10.7. The molecule has 4 heterocycles. The van der Waals surface area contributed by atoms with Crippen molar-refractivity contribution in [2.45, 2.75) is 25.7 Å². The van der Waals surface area contributed by atoms with E-state index in [1.807, 2.05) is 30.6 Å². The first kappa shape index (κ1) is 15.9. The molecular weight excluding hydrogens is 306 g/mol. The summed E-state index contributed by atoms with van der Waals surface area (Å²) >= 11 is 0. The standard InChI is InChI=1S/C8H10N4O.C8H9N3/c9-7(13)4-12-5-11-8-6(12)2-1-3-10-8;1-2-11-6-10-8-7(11)4-3-5-9-8/h1-3,5-6,8H,4H2,(H2,9,13);3-6H,2H2,1H3. The first-order valence-electron chi connectivity index (χ1n) is 7.72. The highest BCUT2D eigenvalue weighted by molar-refractivity contribution is 5.80. The fraction of sp³-hybridized carbons (Fsp3) is 0.312. The first-order valence-corrected chi connectivity index (χ1v) is 7.72. The van der Waals surface area contributed by atoms with Gasteiger partial charge in [-0.3, -0.25) is 9.79 Å². The van der Waals surface area contributed by atoms with Crippen LogP contribution < -0.4 is 5.73 Å². The normalized spacial score (nSPS) is 20.8. The van der Waals surface area contributed by atoms with Crippen molar-refractivity contribution in [3.8, 4) is 0 Å². The molecule has 0 aliphatic carbocycles. The number of carbonyl (C=O) groups is 1. The van der Waals surface area contributed by atoms with Crippen LogP contribution in [-0.2, 0) is 11.3 Å². The number of aromatic nitrogens is 3. The Kier molecular flexibility index (Phi) is 4.64. The number of nitrogens with two attached hydrogens (primary N) is 1. The molecule has 0 bridgehead atoms. The molecule has 0 fully saturated rings. The molecule has 2 aromatic heterocycles. The van der Waals surface area contributed by atoms with Gasteiger partial charge in [0.25, 0.3) is 0 Å². The first-order chi connectivity index (χ1) is 11.7. The molecule has 0 saturated heterocycles. The Morgan fingerprint density at radius 2 is 2.21 bits per heavy atom. The second-order valence-corrected chi connectivity index (χ2v) is 5.37. The summed E-state index contributed by atoms with van der Waals surface area (Å²) in [5.41, 5.74) is 7.02.